The van der Waals surface area contributed by atoms with Crippen LogP contribution in [0, 0.1) is 0 Å². The first-order valence-electron chi connectivity index (χ1n) is 6.65. The summed E-state index contributed by atoms with van der Waals surface area (Å²) < 4.78 is 0. The first-order chi connectivity index (χ1) is 10.6. The summed E-state index contributed by atoms with van der Waals surface area (Å²) in [5.74, 6) is -1.13. The van der Waals surface area contributed by atoms with Gasteiger partial charge in [0.05, 0.1) is 5.52 Å². The van der Waals surface area contributed by atoms with E-state index < -0.39 is 11.8 Å². The molecule has 3 aromatic rings. The van der Waals surface area contributed by atoms with E-state index in [0.29, 0.717) is 16.7 Å². The largest absolute Gasteiger partial charge is 0.366 e. The minimum atomic E-state index is -0.570. The molecular formula is C17H13N3O2. The van der Waals surface area contributed by atoms with Crippen molar-refractivity contribution in [1.82, 2.24) is 4.98 Å². The van der Waals surface area contributed by atoms with Gasteiger partial charge in [-0.25, -0.2) is 0 Å². The lowest BCUT2D eigenvalue weighted by atomic mass is 9.94. The van der Waals surface area contributed by atoms with Gasteiger partial charge in [-0.3, -0.25) is 14.6 Å². The number of pyridine rings is 1. The molecule has 0 saturated heterocycles. The van der Waals surface area contributed by atoms with Gasteiger partial charge in [0.15, 0.2) is 0 Å². The van der Waals surface area contributed by atoms with Gasteiger partial charge in [0, 0.05) is 28.3 Å². The lowest BCUT2D eigenvalue weighted by Gasteiger charge is -2.11. The molecule has 108 valence electrons. The zero-order valence-corrected chi connectivity index (χ0v) is 11.6. The fourth-order valence-electron chi connectivity index (χ4n) is 2.46. The van der Waals surface area contributed by atoms with Crippen molar-refractivity contribution in [3.63, 3.8) is 0 Å². The molecule has 0 unspecified atom stereocenters. The third-order valence-electron chi connectivity index (χ3n) is 3.49. The Morgan fingerprint density at radius 3 is 2.36 bits per heavy atom. The van der Waals surface area contributed by atoms with Gasteiger partial charge in [-0.1, -0.05) is 24.3 Å². The molecule has 5 nitrogen and oxygen atoms in total. The van der Waals surface area contributed by atoms with Crippen LogP contribution in [0.4, 0.5) is 0 Å². The molecule has 0 fully saturated rings. The first kappa shape index (κ1) is 13.8. The van der Waals surface area contributed by atoms with E-state index in [4.69, 9.17) is 11.5 Å². The van der Waals surface area contributed by atoms with Crippen LogP contribution in [0.3, 0.4) is 0 Å². The van der Waals surface area contributed by atoms with Crippen LogP contribution in [0.1, 0.15) is 20.7 Å². The molecule has 0 aliphatic rings. The van der Waals surface area contributed by atoms with Gasteiger partial charge in [0.2, 0.25) is 11.8 Å². The molecule has 2 aromatic carbocycles. The van der Waals surface area contributed by atoms with Crippen molar-refractivity contribution in [3.8, 4) is 11.1 Å². The van der Waals surface area contributed by atoms with Crippen LogP contribution in [-0.2, 0) is 0 Å². The van der Waals surface area contributed by atoms with Crippen molar-refractivity contribution in [2.75, 3.05) is 0 Å². The predicted molar refractivity (Wildman–Crippen MR) is 84.2 cm³/mol. The Morgan fingerprint density at radius 1 is 0.864 bits per heavy atom. The SMILES string of the molecule is NC(=O)c1ccc(C(N)=O)c(-c2cccc3cccnc23)c1. The fraction of sp³-hybridized carbons (Fsp3) is 0. The number of benzene rings is 2. The number of hydrogen-bond acceptors (Lipinski definition) is 3. The highest BCUT2D eigenvalue weighted by Gasteiger charge is 2.15. The number of fused-ring (bicyclic) bond motifs is 1. The second-order valence-corrected chi connectivity index (χ2v) is 4.87. The number of carbonyl (C=O) groups excluding carboxylic acids is 2. The molecule has 22 heavy (non-hydrogen) atoms. The number of nitrogens with two attached hydrogens (primary N) is 2. The Bertz CT molecular complexity index is 898. The highest BCUT2D eigenvalue weighted by molar-refractivity contribution is 6.06. The highest BCUT2D eigenvalue weighted by Crippen LogP contribution is 2.30. The normalized spacial score (nSPS) is 10.5. The zero-order valence-electron chi connectivity index (χ0n) is 11.6. The smallest absolute Gasteiger partial charge is 0.249 e. The standard InChI is InChI=1S/C17H13N3O2/c18-16(21)11-6-7-13(17(19)22)14(9-11)12-5-1-3-10-4-2-8-20-15(10)12/h1-9H,(H2,18,21)(H2,19,22). The van der Waals surface area contributed by atoms with Crippen molar-refractivity contribution in [3.05, 3.63) is 65.9 Å². The molecule has 4 N–H and O–H groups in total. The molecule has 1 aromatic heterocycles. The number of amides is 2. The Hall–Kier alpha value is -3.21. The molecule has 5 heteroatoms. The predicted octanol–water partition coefficient (Wildman–Crippen LogP) is 2.10. The van der Waals surface area contributed by atoms with Crippen LogP contribution in [0.15, 0.2) is 54.7 Å². The Labute approximate surface area is 126 Å². The number of primary amides is 2. The number of nitrogens with zero attached hydrogens (tertiary/aromatic N) is 1. The third kappa shape index (κ3) is 2.29. The lowest BCUT2D eigenvalue weighted by Crippen LogP contribution is -2.15. The molecule has 0 spiro atoms. The molecule has 0 bridgehead atoms. The number of rotatable bonds is 3. The molecule has 3 rings (SSSR count). The van der Waals surface area contributed by atoms with Gasteiger partial charge < -0.3 is 11.5 Å². The van der Waals surface area contributed by atoms with E-state index >= 15 is 0 Å². The summed E-state index contributed by atoms with van der Waals surface area (Å²) in [6.07, 6.45) is 1.67. The maximum atomic E-state index is 11.7. The molecule has 0 aliphatic heterocycles. The van der Waals surface area contributed by atoms with Crippen molar-refractivity contribution >= 4 is 22.7 Å². The second-order valence-electron chi connectivity index (χ2n) is 4.87. The molecule has 0 radical (unpaired) electrons. The minimum Gasteiger partial charge on any atom is -0.366 e. The Kier molecular flexibility index (Phi) is 3.31. The topological polar surface area (TPSA) is 99.1 Å². The van der Waals surface area contributed by atoms with E-state index in [1.165, 1.54) is 12.1 Å². The monoisotopic (exact) mass is 291 g/mol. The zero-order chi connectivity index (χ0) is 15.7. The van der Waals surface area contributed by atoms with Crippen LogP contribution in [0.25, 0.3) is 22.0 Å². The number of aromatic nitrogens is 1. The van der Waals surface area contributed by atoms with Crippen LogP contribution in [0.2, 0.25) is 0 Å². The summed E-state index contributed by atoms with van der Waals surface area (Å²) in [5.41, 5.74) is 13.4. The summed E-state index contributed by atoms with van der Waals surface area (Å²) in [6, 6.07) is 14.0. The van der Waals surface area contributed by atoms with Gasteiger partial charge in [-0.05, 0) is 29.8 Å². The van der Waals surface area contributed by atoms with Crippen LogP contribution >= 0.6 is 0 Å². The summed E-state index contributed by atoms with van der Waals surface area (Å²) >= 11 is 0. The average molecular weight is 291 g/mol. The van der Waals surface area contributed by atoms with Crippen LogP contribution in [0.5, 0.6) is 0 Å². The van der Waals surface area contributed by atoms with E-state index in [2.05, 4.69) is 4.98 Å². The molecule has 2 amide bonds. The third-order valence-corrected chi connectivity index (χ3v) is 3.49. The van der Waals surface area contributed by atoms with Crippen molar-refractivity contribution in [1.29, 1.82) is 0 Å². The fourth-order valence-corrected chi connectivity index (χ4v) is 2.46. The molecule has 0 atom stereocenters. The van der Waals surface area contributed by atoms with E-state index in [1.807, 2.05) is 30.3 Å². The summed E-state index contributed by atoms with van der Waals surface area (Å²) in [6.45, 7) is 0. The van der Waals surface area contributed by atoms with Gasteiger partial charge >= 0.3 is 0 Å². The summed E-state index contributed by atoms with van der Waals surface area (Å²) in [4.78, 5) is 27.5. The van der Waals surface area contributed by atoms with Gasteiger partial charge in [0.1, 0.15) is 0 Å². The van der Waals surface area contributed by atoms with Crippen molar-refractivity contribution in [2.45, 2.75) is 0 Å². The Morgan fingerprint density at radius 2 is 1.64 bits per heavy atom. The van der Waals surface area contributed by atoms with E-state index in [9.17, 15) is 9.59 Å². The average Bonchev–Trinajstić information content (AvgIpc) is 2.53. The molecule has 0 saturated carbocycles. The maximum absolute atomic E-state index is 11.7. The van der Waals surface area contributed by atoms with Gasteiger partial charge in [-0.2, -0.15) is 0 Å². The quantitative estimate of drug-likeness (QED) is 0.772. The molecule has 1 heterocycles. The summed E-state index contributed by atoms with van der Waals surface area (Å²) in [7, 11) is 0. The molecule has 0 aliphatic carbocycles. The van der Waals surface area contributed by atoms with E-state index in [-0.39, 0.29) is 0 Å². The van der Waals surface area contributed by atoms with Crippen LogP contribution < -0.4 is 11.5 Å². The van der Waals surface area contributed by atoms with E-state index in [1.54, 1.807) is 12.3 Å². The second kappa shape index (κ2) is 5.29. The van der Waals surface area contributed by atoms with Gasteiger partial charge in [0.25, 0.3) is 0 Å². The lowest BCUT2D eigenvalue weighted by molar-refractivity contribution is 0.0989. The van der Waals surface area contributed by atoms with Crippen molar-refractivity contribution in [2.24, 2.45) is 11.5 Å². The summed E-state index contributed by atoms with van der Waals surface area (Å²) in [5, 5.41) is 0.930. The maximum Gasteiger partial charge on any atom is 0.249 e. The Balaban J connectivity index is 2.35. The highest BCUT2D eigenvalue weighted by atomic mass is 16.1. The molecular weight excluding hydrogens is 278 g/mol. The number of hydrogen-bond donors (Lipinski definition) is 2. The number of para-hydroxylation sites is 1. The van der Waals surface area contributed by atoms with Crippen LogP contribution in [-0.4, -0.2) is 16.8 Å². The minimum absolute atomic E-state index is 0.313. The number of carbonyl (C=O) groups is 2. The van der Waals surface area contributed by atoms with Crippen molar-refractivity contribution < 1.29 is 9.59 Å². The first-order valence-corrected chi connectivity index (χ1v) is 6.65. The van der Waals surface area contributed by atoms with E-state index in [0.717, 1.165) is 16.5 Å². The van der Waals surface area contributed by atoms with Gasteiger partial charge in [-0.15, -0.1) is 0 Å².